The van der Waals surface area contributed by atoms with E-state index in [2.05, 4.69) is 61.1 Å². The zero-order valence-electron chi connectivity index (χ0n) is 11.8. The van der Waals surface area contributed by atoms with Crippen molar-refractivity contribution in [2.75, 3.05) is 13.1 Å². The highest BCUT2D eigenvalue weighted by molar-refractivity contribution is 9.10. The lowest BCUT2D eigenvalue weighted by molar-refractivity contribution is 0.0892. The Balaban J connectivity index is 1.47. The van der Waals surface area contributed by atoms with Crippen LogP contribution in [0.3, 0.4) is 0 Å². The molecule has 0 atom stereocenters. The summed E-state index contributed by atoms with van der Waals surface area (Å²) in [4.78, 5) is 10.8. The number of halogens is 1. The van der Waals surface area contributed by atoms with Crippen LogP contribution in [0.2, 0.25) is 0 Å². The summed E-state index contributed by atoms with van der Waals surface area (Å²) < 4.78 is 6.71. The van der Waals surface area contributed by atoms with E-state index in [1.807, 2.05) is 0 Å². The Morgan fingerprint density at radius 1 is 1.10 bits per heavy atom. The summed E-state index contributed by atoms with van der Waals surface area (Å²) in [5.74, 6) is 0. The molecule has 0 unspecified atom stereocenters. The highest BCUT2D eigenvalue weighted by Crippen LogP contribution is 2.18. The lowest BCUT2D eigenvalue weighted by Crippen LogP contribution is -2.38. The first-order valence-corrected chi connectivity index (χ1v) is 7.99. The van der Waals surface area contributed by atoms with E-state index in [1.165, 1.54) is 5.56 Å². The molecule has 2 heterocycles. The first-order valence-electron chi connectivity index (χ1n) is 7.20. The van der Waals surface area contributed by atoms with E-state index < -0.39 is 0 Å². The van der Waals surface area contributed by atoms with Crippen LogP contribution in [0.1, 0.15) is 18.4 Å². The van der Waals surface area contributed by atoms with Gasteiger partial charge in [0.15, 0.2) is 0 Å². The Morgan fingerprint density at radius 2 is 1.76 bits per heavy atom. The third kappa shape index (κ3) is 4.25. The van der Waals surface area contributed by atoms with Crippen LogP contribution in [0.15, 0.2) is 47.2 Å². The number of nitrogens with zero attached hydrogens (tertiary/aromatic N) is 3. The fourth-order valence-corrected chi connectivity index (χ4v) is 2.74. The molecule has 0 aliphatic carbocycles. The Kier molecular flexibility index (Phi) is 4.83. The van der Waals surface area contributed by atoms with E-state index in [1.54, 1.807) is 12.4 Å². The molecule has 5 heteroatoms. The van der Waals surface area contributed by atoms with Gasteiger partial charge in [-0.2, -0.15) is 0 Å². The molecular formula is C16H18BrN3O. The minimum Gasteiger partial charge on any atom is -0.460 e. The van der Waals surface area contributed by atoms with Gasteiger partial charge in [-0.1, -0.05) is 30.3 Å². The molecule has 0 spiro atoms. The minimum absolute atomic E-state index is 0.221. The highest BCUT2D eigenvalue weighted by Gasteiger charge is 2.21. The lowest BCUT2D eigenvalue weighted by atomic mass is 10.1. The van der Waals surface area contributed by atoms with Gasteiger partial charge < -0.3 is 4.74 Å². The summed E-state index contributed by atoms with van der Waals surface area (Å²) in [6.07, 6.45) is 5.69. The van der Waals surface area contributed by atoms with Gasteiger partial charge in [0.05, 0.1) is 4.47 Å². The molecule has 1 saturated heterocycles. The van der Waals surface area contributed by atoms with E-state index in [0.717, 1.165) is 36.9 Å². The van der Waals surface area contributed by atoms with Gasteiger partial charge in [0.25, 0.3) is 0 Å². The van der Waals surface area contributed by atoms with Crippen LogP contribution >= 0.6 is 15.9 Å². The highest BCUT2D eigenvalue weighted by atomic mass is 79.9. The minimum atomic E-state index is 0.221. The van der Waals surface area contributed by atoms with Crippen LogP contribution in [0.4, 0.5) is 0 Å². The van der Waals surface area contributed by atoms with Crippen molar-refractivity contribution in [1.82, 2.24) is 14.9 Å². The number of ether oxygens (including phenoxy) is 1. The third-order valence-corrected chi connectivity index (χ3v) is 4.06. The SMILES string of the molecule is Brc1cnc(OC2CCN(Cc3ccccc3)CC2)nc1. The van der Waals surface area contributed by atoms with Gasteiger partial charge in [0, 0.05) is 32.0 Å². The molecule has 1 aliphatic heterocycles. The molecule has 0 bridgehead atoms. The van der Waals surface area contributed by atoms with Crippen LogP contribution in [-0.4, -0.2) is 34.1 Å². The predicted octanol–water partition coefficient (Wildman–Crippen LogP) is 3.28. The second kappa shape index (κ2) is 7.00. The number of rotatable bonds is 4. The molecule has 2 aromatic rings. The molecule has 110 valence electrons. The monoisotopic (exact) mass is 347 g/mol. The molecule has 1 aromatic carbocycles. The summed E-state index contributed by atoms with van der Waals surface area (Å²) >= 11 is 3.32. The van der Waals surface area contributed by atoms with E-state index in [-0.39, 0.29) is 6.10 Å². The summed E-state index contributed by atoms with van der Waals surface area (Å²) in [6.45, 7) is 3.12. The van der Waals surface area contributed by atoms with Gasteiger partial charge in [-0.15, -0.1) is 0 Å². The molecule has 0 N–H and O–H groups in total. The van der Waals surface area contributed by atoms with Gasteiger partial charge in [-0.05, 0) is 34.3 Å². The lowest BCUT2D eigenvalue weighted by Gasteiger charge is -2.31. The van der Waals surface area contributed by atoms with Gasteiger partial charge in [0.1, 0.15) is 6.10 Å². The van der Waals surface area contributed by atoms with Crippen molar-refractivity contribution in [3.05, 3.63) is 52.8 Å². The van der Waals surface area contributed by atoms with Crippen molar-refractivity contribution < 1.29 is 4.74 Å². The van der Waals surface area contributed by atoms with E-state index in [0.29, 0.717) is 6.01 Å². The van der Waals surface area contributed by atoms with Crippen LogP contribution in [0.25, 0.3) is 0 Å². The Bertz CT molecular complexity index is 553. The topological polar surface area (TPSA) is 38.2 Å². The van der Waals surface area contributed by atoms with Crippen LogP contribution in [-0.2, 0) is 6.54 Å². The summed E-state index contributed by atoms with van der Waals surface area (Å²) in [5, 5.41) is 0. The quantitative estimate of drug-likeness (QED) is 0.850. The maximum atomic E-state index is 5.84. The van der Waals surface area contributed by atoms with E-state index in [9.17, 15) is 0 Å². The van der Waals surface area contributed by atoms with E-state index in [4.69, 9.17) is 4.74 Å². The fraction of sp³-hybridized carbons (Fsp3) is 0.375. The molecule has 0 amide bonds. The van der Waals surface area contributed by atoms with Gasteiger partial charge in [-0.25, -0.2) is 9.97 Å². The van der Waals surface area contributed by atoms with Crippen molar-refractivity contribution in [2.24, 2.45) is 0 Å². The second-order valence-electron chi connectivity index (χ2n) is 5.26. The molecule has 0 saturated carbocycles. The number of aromatic nitrogens is 2. The molecule has 0 radical (unpaired) electrons. The molecule has 1 aromatic heterocycles. The Labute approximate surface area is 133 Å². The van der Waals surface area contributed by atoms with Crippen molar-refractivity contribution in [3.8, 4) is 6.01 Å². The molecule has 4 nitrogen and oxygen atoms in total. The average Bonchev–Trinajstić information content (AvgIpc) is 2.53. The predicted molar refractivity (Wildman–Crippen MR) is 85.1 cm³/mol. The van der Waals surface area contributed by atoms with Gasteiger partial charge in [0.2, 0.25) is 0 Å². The zero-order chi connectivity index (χ0) is 14.5. The van der Waals surface area contributed by atoms with Crippen molar-refractivity contribution in [2.45, 2.75) is 25.5 Å². The largest absolute Gasteiger partial charge is 0.460 e. The number of piperidine rings is 1. The van der Waals surface area contributed by atoms with Crippen molar-refractivity contribution in [3.63, 3.8) is 0 Å². The Hall–Kier alpha value is -1.46. The van der Waals surface area contributed by atoms with Crippen LogP contribution in [0, 0.1) is 0 Å². The van der Waals surface area contributed by atoms with E-state index >= 15 is 0 Å². The summed E-state index contributed by atoms with van der Waals surface area (Å²) in [5.41, 5.74) is 1.37. The smallest absolute Gasteiger partial charge is 0.316 e. The van der Waals surface area contributed by atoms with Crippen molar-refractivity contribution in [1.29, 1.82) is 0 Å². The number of hydrogen-bond acceptors (Lipinski definition) is 4. The fourth-order valence-electron chi connectivity index (χ4n) is 2.54. The number of benzene rings is 1. The van der Waals surface area contributed by atoms with Crippen molar-refractivity contribution >= 4 is 15.9 Å². The standard InChI is InChI=1S/C16H18BrN3O/c17-14-10-18-16(19-11-14)21-15-6-8-20(9-7-15)12-13-4-2-1-3-5-13/h1-5,10-11,15H,6-9,12H2. The number of likely N-dealkylation sites (tertiary alicyclic amines) is 1. The summed E-state index contributed by atoms with van der Waals surface area (Å²) in [6, 6.07) is 11.1. The molecular weight excluding hydrogens is 330 g/mol. The zero-order valence-corrected chi connectivity index (χ0v) is 13.4. The average molecular weight is 348 g/mol. The van der Waals surface area contributed by atoms with Crippen LogP contribution < -0.4 is 4.74 Å². The Morgan fingerprint density at radius 3 is 2.43 bits per heavy atom. The molecule has 3 rings (SSSR count). The summed E-state index contributed by atoms with van der Waals surface area (Å²) in [7, 11) is 0. The number of hydrogen-bond donors (Lipinski definition) is 0. The second-order valence-corrected chi connectivity index (χ2v) is 6.18. The molecule has 21 heavy (non-hydrogen) atoms. The molecule has 1 fully saturated rings. The molecule has 1 aliphatic rings. The van der Waals surface area contributed by atoms with Crippen LogP contribution in [0.5, 0.6) is 6.01 Å². The third-order valence-electron chi connectivity index (χ3n) is 3.65. The maximum Gasteiger partial charge on any atom is 0.316 e. The maximum absolute atomic E-state index is 5.84. The van der Waals surface area contributed by atoms with Gasteiger partial charge >= 0.3 is 6.01 Å². The van der Waals surface area contributed by atoms with Gasteiger partial charge in [-0.3, -0.25) is 4.90 Å². The first-order chi connectivity index (χ1) is 10.3. The first kappa shape index (κ1) is 14.5. The normalized spacial score (nSPS) is 16.8.